The van der Waals surface area contributed by atoms with E-state index in [1.54, 1.807) is 13.2 Å². The van der Waals surface area contributed by atoms with Gasteiger partial charge in [0.1, 0.15) is 5.76 Å². The first-order chi connectivity index (χ1) is 10.6. The number of nitrogens with zero attached hydrogens (tertiary/aromatic N) is 1. The van der Waals surface area contributed by atoms with E-state index in [4.69, 9.17) is 4.74 Å². The van der Waals surface area contributed by atoms with Crippen molar-refractivity contribution in [1.82, 2.24) is 0 Å². The van der Waals surface area contributed by atoms with Crippen molar-refractivity contribution < 1.29 is 9.94 Å². The predicted molar refractivity (Wildman–Crippen MR) is 93.2 cm³/mol. The summed E-state index contributed by atoms with van der Waals surface area (Å²) in [5.74, 6) is 1.27. The van der Waals surface area contributed by atoms with Gasteiger partial charge in [-0.1, -0.05) is 50.1 Å². The van der Waals surface area contributed by atoms with Gasteiger partial charge in [0.25, 0.3) is 0 Å². The lowest BCUT2D eigenvalue weighted by Gasteiger charge is -2.16. The quantitative estimate of drug-likeness (QED) is 0.282. The van der Waals surface area contributed by atoms with Crippen LogP contribution in [0.15, 0.2) is 52.4 Å². The van der Waals surface area contributed by atoms with E-state index in [2.05, 4.69) is 25.6 Å². The Labute approximate surface area is 134 Å². The molecule has 122 valence electrons. The van der Waals surface area contributed by atoms with Crippen molar-refractivity contribution in [3.8, 4) is 0 Å². The second-order valence-electron chi connectivity index (χ2n) is 5.83. The van der Waals surface area contributed by atoms with Crippen LogP contribution in [0.4, 0.5) is 0 Å². The van der Waals surface area contributed by atoms with E-state index in [-0.39, 0.29) is 0 Å². The van der Waals surface area contributed by atoms with Gasteiger partial charge in [-0.05, 0) is 49.8 Å². The van der Waals surface area contributed by atoms with Gasteiger partial charge < -0.3 is 9.94 Å². The molecule has 0 bridgehead atoms. The maximum absolute atomic E-state index is 9.32. The van der Waals surface area contributed by atoms with Gasteiger partial charge >= 0.3 is 0 Å². The fourth-order valence-electron chi connectivity index (χ4n) is 3.02. The molecule has 0 radical (unpaired) electrons. The molecule has 1 aliphatic carbocycles. The number of allylic oxidation sites excluding steroid dienone is 6. The molecule has 0 fully saturated rings. The summed E-state index contributed by atoms with van der Waals surface area (Å²) in [7, 11) is 1.65. The molecular formula is C19H29NO2. The SMILES string of the molecule is C=C/C=C(\C=C(/C)C1=C(C(C)CCCC)CC/C1=N\O)OC. The molecule has 0 saturated heterocycles. The summed E-state index contributed by atoms with van der Waals surface area (Å²) in [6, 6.07) is 0. The first-order valence-electron chi connectivity index (χ1n) is 8.08. The zero-order valence-electron chi connectivity index (χ0n) is 14.4. The molecule has 0 aromatic heterocycles. The molecule has 0 spiro atoms. The second kappa shape index (κ2) is 9.29. The Bertz CT molecular complexity index is 510. The zero-order valence-corrected chi connectivity index (χ0v) is 14.4. The average molecular weight is 303 g/mol. The molecule has 22 heavy (non-hydrogen) atoms. The number of hydrogen-bond acceptors (Lipinski definition) is 3. The summed E-state index contributed by atoms with van der Waals surface area (Å²) in [4.78, 5) is 0. The van der Waals surface area contributed by atoms with Crippen LogP contribution in [0.1, 0.15) is 52.9 Å². The molecule has 0 saturated carbocycles. The van der Waals surface area contributed by atoms with Crippen LogP contribution in [0.2, 0.25) is 0 Å². The number of ether oxygens (including phenoxy) is 1. The Kier molecular flexibility index (Phi) is 7.72. The first kappa shape index (κ1) is 18.3. The molecular weight excluding hydrogens is 274 g/mol. The maximum Gasteiger partial charge on any atom is 0.119 e. The Hall–Kier alpha value is -1.77. The van der Waals surface area contributed by atoms with E-state index < -0.39 is 0 Å². The molecule has 0 aromatic rings. The molecule has 1 rings (SSSR count). The van der Waals surface area contributed by atoms with Crippen molar-refractivity contribution in [1.29, 1.82) is 0 Å². The topological polar surface area (TPSA) is 41.8 Å². The molecule has 3 heteroatoms. The van der Waals surface area contributed by atoms with E-state index in [9.17, 15) is 5.21 Å². The van der Waals surface area contributed by atoms with Crippen molar-refractivity contribution in [3.05, 3.63) is 47.3 Å². The highest BCUT2D eigenvalue weighted by Gasteiger charge is 2.26. The van der Waals surface area contributed by atoms with Gasteiger partial charge in [0.2, 0.25) is 0 Å². The smallest absolute Gasteiger partial charge is 0.119 e. The predicted octanol–water partition coefficient (Wildman–Crippen LogP) is 5.40. The third-order valence-corrected chi connectivity index (χ3v) is 4.22. The summed E-state index contributed by atoms with van der Waals surface area (Å²) < 4.78 is 5.34. The fourth-order valence-corrected chi connectivity index (χ4v) is 3.02. The highest BCUT2D eigenvalue weighted by molar-refractivity contribution is 6.06. The normalized spacial score (nSPS) is 19.7. The minimum Gasteiger partial charge on any atom is -0.497 e. The van der Waals surface area contributed by atoms with E-state index in [1.807, 2.05) is 19.1 Å². The molecule has 0 aromatic carbocycles. The van der Waals surface area contributed by atoms with Gasteiger partial charge in [-0.2, -0.15) is 0 Å². The Morgan fingerprint density at radius 3 is 2.73 bits per heavy atom. The van der Waals surface area contributed by atoms with Crippen LogP contribution >= 0.6 is 0 Å². The molecule has 0 aliphatic heterocycles. The van der Waals surface area contributed by atoms with Gasteiger partial charge in [-0.3, -0.25) is 0 Å². The largest absolute Gasteiger partial charge is 0.497 e. The minimum atomic E-state index is 0.520. The van der Waals surface area contributed by atoms with Gasteiger partial charge in [0.15, 0.2) is 0 Å². The monoisotopic (exact) mass is 303 g/mol. The third-order valence-electron chi connectivity index (χ3n) is 4.22. The minimum absolute atomic E-state index is 0.520. The van der Waals surface area contributed by atoms with E-state index in [0.29, 0.717) is 5.92 Å². The van der Waals surface area contributed by atoms with Crippen LogP contribution in [0.5, 0.6) is 0 Å². The van der Waals surface area contributed by atoms with Crippen molar-refractivity contribution in [2.24, 2.45) is 11.1 Å². The molecule has 0 amide bonds. The highest BCUT2D eigenvalue weighted by atomic mass is 16.5. The molecule has 1 atom stereocenters. The van der Waals surface area contributed by atoms with Gasteiger partial charge in [0, 0.05) is 5.57 Å². The van der Waals surface area contributed by atoms with Gasteiger partial charge in [0.05, 0.1) is 12.8 Å². The molecule has 1 unspecified atom stereocenters. The number of rotatable bonds is 8. The summed E-state index contributed by atoms with van der Waals surface area (Å²) in [6.07, 6.45) is 10.9. The summed E-state index contributed by atoms with van der Waals surface area (Å²) in [5, 5.41) is 12.8. The third kappa shape index (κ3) is 4.62. The molecule has 1 N–H and O–H groups in total. The van der Waals surface area contributed by atoms with Crippen LogP contribution < -0.4 is 0 Å². The lowest BCUT2D eigenvalue weighted by molar-refractivity contribution is 0.306. The Balaban J connectivity index is 3.18. The number of methoxy groups -OCH3 is 1. The lowest BCUT2D eigenvalue weighted by Crippen LogP contribution is -2.04. The van der Waals surface area contributed by atoms with Gasteiger partial charge in [-0.15, -0.1) is 0 Å². The van der Waals surface area contributed by atoms with Crippen LogP contribution in [0, 0.1) is 5.92 Å². The van der Waals surface area contributed by atoms with E-state index in [1.165, 1.54) is 24.8 Å². The van der Waals surface area contributed by atoms with Crippen LogP contribution in [0.25, 0.3) is 0 Å². The van der Waals surface area contributed by atoms with Gasteiger partial charge in [-0.25, -0.2) is 0 Å². The standard InChI is InChI=1S/C19H29NO2/c1-6-8-10-14(3)17-11-12-18(20-21)19(17)15(4)13-16(22-5)9-7-2/h7,9,13-14,21H,2,6,8,10-12H2,1,3-5H3/b15-13+,16-9+,20-18+. The lowest BCUT2D eigenvalue weighted by atomic mass is 9.90. The summed E-state index contributed by atoms with van der Waals surface area (Å²) in [5.41, 5.74) is 4.39. The van der Waals surface area contributed by atoms with Crippen molar-refractivity contribution in [2.45, 2.75) is 52.9 Å². The summed E-state index contributed by atoms with van der Waals surface area (Å²) in [6.45, 7) is 10.2. The molecule has 3 nitrogen and oxygen atoms in total. The number of unbranched alkanes of at least 4 members (excludes halogenated alkanes) is 1. The Morgan fingerprint density at radius 1 is 1.45 bits per heavy atom. The van der Waals surface area contributed by atoms with E-state index in [0.717, 1.165) is 35.5 Å². The summed E-state index contributed by atoms with van der Waals surface area (Å²) >= 11 is 0. The van der Waals surface area contributed by atoms with Crippen LogP contribution in [0.3, 0.4) is 0 Å². The van der Waals surface area contributed by atoms with Crippen molar-refractivity contribution in [2.75, 3.05) is 7.11 Å². The van der Waals surface area contributed by atoms with Crippen LogP contribution in [-0.2, 0) is 4.74 Å². The maximum atomic E-state index is 9.32. The molecule has 0 heterocycles. The average Bonchev–Trinajstić information content (AvgIpc) is 2.96. The van der Waals surface area contributed by atoms with Crippen LogP contribution in [-0.4, -0.2) is 18.0 Å². The number of hydrogen-bond donors (Lipinski definition) is 1. The Morgan fingerprint density at radius 2 is 2.18 bits per heavy atom. The second-order valence-corrected chi connectivity index (χ2v) is 5.83. The fraction of sp³-hybridized carbons (Fsp3) is 0.526. The van der Waals surface area contributed by atoms with Crippen molar-refractivity contribution >= 4 is 5.71 Å². The first-order valence-corrected chi connectivity index (χ1v) is 8.08. The highest BCUT2D eigenvalue weighted by Crippen LogP contribution is 2.36. The van der Waals surface area contributed by atoms with Crippen molar-refractivity contribution in [3.63, 3.8) is 0 Å². The van der Waals surface area contributed by atoms with E-state index >= 15 is 0 Å². The number of oxime groups is 1. The molecule has 1 aliphatic rings. The zero-order chi connectivity index (χ0) is 16.5.